The van der Waals surface area contributed by atoms with E-state index >= 15 is 0 Å². The SMILES string of the molecule is CN=C(NCCCc1nnc2ccccn12)NCCCn1nc(C)cc1C. The molecule has 0 aliphatic rings. The third-order valence-corrected chi connectivity index (χ3v) is 4.42. The van der Waals surface area contributed by atoms with Crippen molar-refractivity contribution in [3.05, 3.63) is 47.7 Å². The van der Waals surface area contributed by atoms with Crippen LogP contribution in [-0.2, 0) is 13.0 Å². The lowest BCUT2D eigenvalue weighted by Crippen LogP contribution is -2.38. The average molecular weight is 368 g/mol. The second-order valence-electron chi connectivity index (χ2n) is 6.58. The molecule has 0 aliphatic heterocycles. The zero-order valence-electron chi connectivity index (χ0n) is 16.3. The minimum absolute atomic E-state index is 0.828. The molecule has 8 heteroatoms. The molecule has 3 heterocycles. The van der Waals surface area contributed by atoms with Gasteiger partial charge in [-0.15, -0.1) is 10.2 Å². The number of aliphatic imine (C=N–C) groups is 1. The fourth-order valence-electron chi connectivity index (χ4n) is 3.07. The highest BCUT2D eigenvalue weighted by atomic mass is 15.3. The van der Waals surface area contributed by atoms with Crippen LogP contribution in [0.5, 0.6) is 0 Å². The Hall–Kier alpha value is -2.90. The summed E-state index contributed by atoms with van der Waals surface area (Å²) in [5.74, 6) is 1.81. The molecule has 0 fully saturated rings. The molecule has 0 atom stereocenters. The van der Waals surface area contributed by atoms with Crippen LogP contribution in [0.3, 0.4) is 0 Å². The smallest absolute Gasteiger partial charge is 0.190 e. The van der Waals surface area contributed by atoms with E-state index in [2.05, 4.69) is 48.6 Å². The number of nitrogens with one attached hydrogen (secondary N) is 2. The van der Waals surface area contributed by atoms with Crippen LogP contribution < -0.4 is 10.6 Å². The number of guanidine groups is 1. The van der Waals surface area contributed by atoms with Crippen molar-refractivity contribution < 1.29 is 0 Å². The summed E-state index contributed by atoms with van der Waals surface area (Å²) in [6, 6.07) is 8.04. The van der Waals surface area contributed by atoms with Gasteiger partial charge in [-0.25, -0.2) is 0 Å². The topological polar surface area (TPSA) is 84.4 Å². The van der Waals surface area contributed by atoms with Gasteiger partial charge in [-0.2, -0.15) is 5.10 Å². The average Bonchev–Trinajstić information content (AvgIpc) is 3.23. The predicted octanol–water partition coefficient (Wildman–Crippen LogP) is 1.73. The van der Waals surface area contributed by atoms with E-state index in [4.69, 9.17) is 0 Å². The number of aryl methyl sites for hydroxylation is 4. The van der Waals surface area contributed by atoms with Crippen LogP contribution in [0.2, 0.25) is 0 Å². The van der Waals surface area contributed by atoms with Gasteiger partial charge < -0.3 is 10.6 Å². The molecule has 3 rings (SSSR count). The van der Waals surface area contributed by atoms with Gasteiger partial charge in [0.2, 0.25) is 0 Å². The first kappa shape index (κ1) is 18.9. The first-order valence-electron chi connectivity index (χ1n) is 9.41. The summed E-state index contributed by atoms with van der Waals surface area (Å²) < 4.78 is 4.09. The van der Waals surface area contributed by atoms with Crippen LogP contribution in [0.1, 0.15) is 30.1 Å². The van der Waals surface area contributed by atoms with Crippen LogP contribution in [0.15, 0.2) is 35.5 Å². The molecule has 144 valence electrons. The van der Waals surface area contributed by atoms with Gasteiger partial charge in [-0.05, 0) is 44.9 Å². The van der Waals surface area contributed by atoms with Crippen molar-refractivity contribution in [1.29, 1.82) is 0 Å². The van der Waals surface area contributed by atoms with Gasteiger partial charge in [0.25, 0.3) is 0 Å². The van der Waals surface area contributed by atoms with Crippen LogP contribution in [-0.4, -0.2) is 50.5 Å². The first-order chi connectivity index (χ1) is 13.2. The molecule has 0 spiro atoms. The van der Waals surface area contributed by atoms with Gasteiger partial charge >= 0.3 is 0 Å². The quantitative estimate of drug-likeness (QED) is 0.359. The standard InChI is InChI=1S/C19H28N8/c1-15-14-16(2)27(25-15)13-7-11-22-19(20-3)21-10-6-9-18-24-23-17-8-4-5-12-26(17)18/h4-5,8,12,14H,6-7,9-11,13H2,1-3H3,(H2,20,21,22). The van der Waals surface area contributed by atoms with Crippen molar-refractivity contribution >= 4 is 11.6 Å². The summed E-state index contributed by atoms with van der Waals surface area (Å²) in [7, 11) is 1.79. The summed E-state index contributed by atoms with van der Waals surface area (Å²) in [6.45, 7) is 6.71. The Bertz CT molecular complexity index is 892. The summed E-state index contributed by atoms with van der Waals surface area (Å²) in [5, 5.41) is 19.6. The van der Waals surface area contributed by atoms with Gasteiger partial charge in [-0.3, -0.25) is 14.1 Å². The third kappa shape index (κ3) is 5.06. The van der Waals surface area contributed by atoms with Gasteiger partial charge in [0.1, 0.15) is 5.82 Å². The van der Waals surface area contributed by atoms with Crippen molar-refractivity contribution in [2.24, 2.45) is 4.99 Å². The molecule has 2 N–H and O–H groups in total. The number of hydrogen-bond acceptors (Lipinski definition) is 4. The molecule has 0 radical (unpaired) electrons. The Morgan fingerprint density at radius 2 is 1.93 bits per heavy atom. The second kappa shape index (κ2) is 9.16. The Morgan fingerprint density at radius 3 is 2.67 bits per heavy atom. The molecule has 27 heavy (non-hydrogen) atoms. The highest BCUT2D eigenvalue weighted by Gasteiger charge is 2.05. The lowest BCUT2D eigenvalue weighted by Gasteiger charge is -2.12. The van der Waals surface area contributed by atoms with E-state index in [1.807, 2.05) is 35.7 Å². The van der Waals surface area contributed by atoms with Gasteiger partial charge in [0.15, 0.2) is 11.6 Å². The van der Waals surface area contributed by atoms with Crippen molar-refractivity contribution in [1.82, 2.24) is 35.0 Å². The molecule has 0 unspecified atom stereocenters. The van der Waals surface area contributed by atoms with E-state index in [9.17, 15) is 0 Å². The maximum atomic E-state index is 4.48. The molecule has 0 bridgehead atoms. The number of pyridine rings is 1. The lowest BCUT2D eigenvalue weighted by atomic mass is 10.3. The molecule has 3 aromatic heterocycles. The Balaban J connectivity index is 1.35. The van der Waals surface area contributed by atoms with Crippen molar-refractivity contribution in [3.8, 4) is 0 Å². The number of nitrogens with zero attached hydrogens (tertiary/aromatic N) is 6. The molecule has 0 saturated carbocycles. The number of hydrogen-bond donors (Lipinski definition) is 2. The highest BCUT2D eigenvalue weighted by Crippen LogP contribution is 2.05. The molecule has 8 nitrogen and oxygen atoms in total. The summed E-state index contributed by atoms with van der Waals surface area (Å²) in [4.78, 5) is 4.28. The summed E-state index contributed by atoms with van der Waals surface area (Å²) in [6.07, 6.45) is 4.82. The first-order valence-corrected chi connectivity index (χ1v) is 9.41. The molecular weight excluding hydrogens is 340 g/mol. The second-order valence-corrected chi connectivity index (χ2v) is 6.58. The van der Waals surface area contributed by atoms with Gasteiger partial charge in [0.05, 0.1) is 5.69 Å². The van der Waals surface area contributed by atoms with Crippen LogP contribution in [0, 0.1) is 13.8 Å². The Morgan fingerprint density at radius 1 is 1.11 bits per heavy atom. The predicted molar refractivity (Wildman–Crippen MR) is 107 cm³/mol. The van der Waals surface area contributed by atoms with Crippen LogP contribution >= 0.6 is 0 Å². The van der Waals surface area contributed by atoms with E-state index in [1.54, 1.807) is 7.05 Å². The Kier molecular flexibility index (Phi) is 6.40. The molecular formula is C19H28N8. The minimum atomic E-state index is 0.828. The Labute approximate surface area is 159 Å². The van der Waals surface area contributed by atoms with E-state index in [0.717, 1.165) is 62.0 Å². The molecule has 3 aromatic rings. The number of rotatable bonds is 8. The summed E-state index contributed by atoms with van der Waals surface area (Å²) in [5.41, 5.74) is 3.16. The fourth-order valence-corrected chi connectivity index (χ4v) is 3.07. The fraction of sp³-hybridized carbons (Fsp3) is 0.474. The molecule has 0 saturated heterocycles. The lowest BCUT2D eigenvalue weighted by molar-refractivity contribution is 0.555. The molecule has 0 aromatic carbocycles. The van der Waals surface area contributed by atoms with E-state index < -0.39 is 0 Å². The van der Waals surface area contributed by atoms with Gasteiger partial charge in [0, 0.05) is 45.0 Å². The van der Waals surface area contributed by atoms with Crippen LogP contribution in [0.4, 0.5) is 0 Å². The zero-order chi connectivity index (χ0) is 19.1. The number of aromatic nitrogens is 5. The normalized spacial score (nSPS) is 11.9. The summed E-state index contributed by atoms with van der Waals surface area (Å²) >= 11 is 0. The van der Waals surface area contributed by atoms with E-state index in [0.29, 0.717) is 0 Å². The van der Waals surface area contributed by atoms with Crippen molar-refractivity contribution in [3.63, 3.8) is 0 Å². The van der Waals surface area contributed by atoms with Crippen molar-refractivity contribution in [2.75, 3.05) is 20.1 Å². The van der Waals surface area contributed by atoms with E-state index in [1.165, 1.54) is 5.69 Å². The van der Waals surface area contributed by atoms with Crippen LogP contribution in [0.25, 0.3) is 5.65 Å². The number of fused-ring (bicyclic) bond motifs is 1. The molecule has 0 amide bonds. The van der Waals surface area contributed by atoms with Gasteiger partial charge in [-0.1, -0.05) is 6.07 Å². The zero-order valence-corrected chi connectivity index (χ0v) is 16.3. The van der Waals surface area contributed by atoms with Crippen molar-refractivity contribution in [2.45, 2.75) is 39.7 Å². The minimum Gasteiger partial charge on any atom is -0.356 e. The largest absolute Gasteiger partial charge is 0.356 e. The van der Waals surface area contributed by atoms with E-state index in [-0.39, 0.29) is 0 Å². The highest BCUT2D eigenvalue weighted by molar-refractivity contribution is 5.79. The third-order valence-electron chi connectivity index (χ3n) is 4.42. The maximum absolute atomic E-state index is 4.48. The monoisotopic (exact) mass is 368 g/mol. The molecule has 0 aliphatic carbocycles. The maximum Gasteiger partial charge on any atom is 0.190 e.